The molecule has 0 aromatic rings. The van der Waals surface area contributed by atoms with E-state index in [1.54, 1.807) is 20.8 Å². The lowest BCUT2D eigenvalue weighted by molar-refractivity contribution is -0.139. The van der Waals surface area contributed by atoms with E-state index in [0.717, 1.165) is 0 Å². The molecule has 0 heterocycles. The largest absolute Gasteiger partial charge is 0.481 e. The number of aliphatic carboxylic acids is 1. The summed E-state index contributed by atoms with van der Waals surface area (Å²) in [6.07, 6.45) is 1.94. The number of carboxylic acid groups (broad SMARTS) is 1. The Labute approximate surface area is 106 Å². The van der Waals surface area contributed by atoms with Crippen LogP contribution in [-0.2, 0) is 9.53 Å². The van der Waals surface area contributed by atoms with Crippen molar-refractivity contribution >= 4 is 12.1 Å². The number of nitrogens with one attached hydrogen (secondary N) is 1. The van der Waals surface area contributed by atoms with Gasteiger partial charge in [-0.25, -0.2) is 4.79 Å². The zero-order valence-electron chi connectivity index (χ0n) is 10.9. The second-order valence-corrected chi connectivity index (χ2v) is 4.76. The monoisotopic (exact) mass is 254 g/mol. The second kappa shape index (κ2) is 6.64. The minimum absolute atomic E-state index is 0.651. The number of carbonyl (C=O) groups excluding carboxylic acids is 1. The van der Waals surface area contributed by atoms with Gasteiger partial charge in [0.15, 0.2) is 0 Å². The highest BCUT2D eigenvalue weighted by atomic mass is 16.6. The average Bonchev–Trinajstić information content (AvgIpc) is 2.20. The van der Waals surface area contributed by atoms with Crippen molar-refractivity contribution in [3.63, 3.8) is 0 Å². The lowest BCUT2D eigenvalue weighted by Crippen LogP contribution is -2.37. The molecule has 2 unspecified atom stereocenters. The van der Waals surface area contributed by atoms with Crippen LogP contribution in [0.2, 0.25) is 0 Å². The predicted octanol–water partition coefficient (Wildman–Crippen LogP) is 1.68. The van der Waals surface area contributed by atoms with Gasteiger partial charge in [0.2, 0.25) is 0 Å². The van der Waals surface area contributed by atoms with Gasteiger partial charge in [-0.1, -0.05) is 12.2 Å². The maximum absolute atomic E-state index is 11.4. The number of hydrogen-bond donors (Lipinski definition) is 2. The van der Waals surface area contributed by atoms with E-state index in [1.807, 2.05) is 6.07 Å². The van der Waals surface area contributed by atoms with Gasteiger partial charge in [-0.05, 0) is 27.7 Å². The van der Waals surface area contributed by atoms with Crippen LogP contribution in [0.3, 0.4) is 0 Å². The number of carbonyl (C=O) groups is 2. The lowest BCUT2D eigenvalue weighted by Gasteiger charge is -2.20. The highest BCUT2D eigenvalue weighted by molar-refractivity contribution is 5.72. The zero-order chi connectivity index (χ0) is 14.3. The molecule has 0 aliphatic rings. The van der Waals surface area contributed by atoms with Crippen molar-refractivity contribution in [1.29, 1.82) is 5.26 Å². The number of amides is 1. The molecular weight excluding hydrogens is 236 g/mol. The van der Waals surface area contributed by atoms with Crippen LogP contribution in [0.15, 0.2) is 12.2 Å². The van der Waals surface area contributed by atoms with Crippen LogP contribution in [0.4, 0.5) is 4.79 Å². The molecule has 6 heteroatoms. The van der Waals surface area contributed by atoms with E-state index >= 15 is 0 Å². The van der Waals surface area contributed by atoms with Gasteiger partial charge in [-0.3, -0.25) is 4.79 Å². The first kappa shape index (κ1) is 16.0. The average molecular weight is 254 g/mol. The summed E-state index contributed by atoms with van der Waals surface area (Å²) in [6, 6.07) is 0.906. The highest BCUT2D eigenvalue weighted by Gasteiger charge is 2.18. The fraction of sp³-hybridized carbons (Fsp3) is 0.583. The first-order valence-corrected chi connectivity index (χ1v) is 5.46. The second-order valence-electron chi connectivity index (χ2n) is 4.76. The Morgan fingerprint density at radius 1 is 1.39 bits per heavy atom. The maximum atomic E-state index is 11.4. The molecule has 0 aromatic carbocycles. The molecule has 18 heavy (non-hydrogen) atoms. The van der Waals surface area contributed by atoms with E-state index in [0.29, 0.717) is 0 Å². The number of hydrogen-bond acceptors (Lipinski definition) is 4. The van der Waals surface area contributed by atoms with Crippen LogP contribution in [-0.4, -0.2) is 28.8 Å². The fourth-order valence-corrected chi connectivity index (χ4v) is 0.918. The van der Waals surface area contributed by atoms with Gasteiger partial charge in [0.05, 0.1) is 12.0 Å². The maximum Gasteiger partial charge on any atom is 0.408 e. The first-order chi connectivity index (χ1) is 8.15. The molecule has 2 atom stereocenters. The van der Waals surface area contributed by atoms with E-state index in [4.69, 9.17) is 15.1 Å². The molecule has 0 rings (SSSR count). The molecule has 0 saturated heterocycles. The molecule has 0 aliphatic carbocycles. The Morgan fingerprint density at radius 2 is 1.94 bits per heavy atom. The topological polar surface area (TPSA) is 99.4 Å². The van der Waals surface area contributed by atoms with E-state index in [1.165, 1.54) is 19.1 Å². The first-order valence-electron chi connectivity index (χ1n) is 5.46. The third-order valence-corrected chi connectivity index (χ3v) is 1.79. The number of alkyl carbamates (subject to hydrolysis) is 1. The van der Waals surface area contributed by atoms with E-state index in [-0.39, 0.29) is 0 Å². The molecule has 0 spiro atoms. The predicted molar refractivity (Wildman–Crippen MR) is 64.7 cm³/mol. The molecule has 6 nitrogen and oxygen atoms in total. The van der Waals surface area contributed by atoms with Crippen molar-refractivity contribution in [2.75, 3.05) is 0 Å². The Balaban J connectivity index is 4.42. The number of carboxylic acids is 1. The Hall–Kier alpha value is -2.03. The smallest absolute Gasteiger partial charge is 0.408 e. The Morgan fingerprint density at radius 3 is 2.33 bits per heavy atom. The van der Waals surface area contributed by atoms with Gasteiger partial charge in [0, 0.05) is 0 Å². The van der Waals surface area contributed by atoms with Crippen molar-refractivity contribution in [3.05, 3.63) is 12.2 Å². The highest BCUT2D eigenvalue weighted by Crippen LogP contribution is 2.07. The van der Waals surface area contributed by atoms with E-state index in [9.17, 15) is 9.59 Å². The van der Waals surface area contributed by atoms with Crippen molar-refractivity contribution < 1.29 is 19.4 Å². The SMILES string of the molecule is CC(C=CC(C#N)NC(=O)OC(C)(C)C)C(=O)O. The number of rotatable bonds is 4. The number of nitrogens with zero attached hydrogens (tertiary/aromatic N) is 1. The lowest BCUT2D eigenvalue weighted by atomic mass is 10.1. The number of ether oxygens (including phenoxy) is 1. The zero-order valence-corrected chi connectivity index (χ0v) is 10.9. The van der Waals surface area contributed by atoms with Crippen LogP contribution >= 0.6 is 0 Å². The summed E-state index contributed by atoms with van der Waals surface area (Å²) in [7, 11) is 0. The summed E-state index contributed by atoms with van der Waals surface area (Å²) in [4.78, 5) is 21.9. The minimum Gasteiger partial charge on any atom is -0.481 e. The standard InChI is InChI=1S/C12H18N2O4/c1-8(10(15)16)5-6-9(7-13)14-11(17)18-12(2,3)4/h5-6,8-9H,1-4H3,(H,14,17)(H,15,16). The van der Waals surface area contributed by atoms with Crippen molar-refractivity contribution in [1.82, 2.24) is 5.32 Å². The van der Waals surface area contributed by atoms with Gasteiger partial charge < -0.3 is 15.2 Å². The van der Waals surface area contributed by atoms with Gasteiger partial charge in [0.1, 0.15) is 11.6 Å². The van der Waals surface area contributed by atoms with Gasteiger partial charge in [0.25, 0.3) is 0 Å². The van der Waals surface area contributed by atoms with Crippen molar-refractivity contribution in [3.8, 4) is 6.07 Å². The molecule has 0 aromatic heterocycles. The van der Waals surface area contributed by atoms with Crippen LogP contribution in [0, 0.1) is 17.2 Å². The molecule has 0 fully saturated rings. The minimum atomic E-state index is -1.000. The summed E-state index contributed by atoms with van der Waals surface area (Å²) in [5.74, 6) is -1.72. The molecule has 0 radical (unpaired) electrons. The molecule has 2 N–H and O–H groups in total. The molecule has 0 saturated carbocycles. The summed E-state index contributed by atoms with van der Waals surface area (Å²) in [6.45, 7) is 6.59. The van der Waals surface area contributed by atoms with E-state index in [2.05, 4.69) is 5.32 Å². The molecular formula is C12H18N2O4. The van der Waals surface area contributed by atoms with Gasteiger partial charge in [-0.15, -0.1) is 0 Å². The summed E-state index contributed by atoms with van der Waals surface area (Å²) >= 11 is 0. The van der Waals surface area contributed by atoms with Crippen molar-refractivity contribution in [2.24, 2.45) is 5.92 Å². The van der Waals surface area contributed by atoms with Crippen molar-refractivity contribution in [2.45, 2.75) is 39.3 Å². The molecule has 0 bridgehead atoms. The van der Waals surface area contributed by atoms with Gasteiger partial charge >= 0.3 is 12.1 Å². The van der Waals surface area contributed by atoms with Gasteiger partial charge in [-0.2, -0.15) is 5.26 Å². The summed E-state index contributed by atoms with van der Waals surface area (Å²) in [5.41, 5.74) is -0.651. The van der Waals surface area contributed by atoms with Crippen LogP contribution in [0.5, 0.6) is 0 Å². The van der Waals surface area contributed by atoms with E-state index < -0.39 is 29.6 Å². The normalized spacial score (nSPS) is 14.6. The van der Waals surface area contributed by atoms with Crippen LogP contribution in [0.25, 0.3) is 0 Å². The molecule has 0 aliphatic heterocycles. The quantitative estimate of drug-likeness (QED) is 0.743. The van der Waals surface area contributed by atoms with Crippen LogP contribution < -0.4 is 5.32 Å². The van der Waals surface area contributed by atoms with Crippen LogP contribution in [0.1, 0.15) is 27.7 Å². The Kier molecular flexibility index (Phi) is 5.89. The Bertz CT molecular complexity index is 377. The third kappa shape index (κ3) is 7.28. The summed E-state index contributed by atoms with van der Waals surface area (Å²) < 4.78 is 4.97. The fourth-order valence-electron chi connectivity index (χ4n) is 0.918. The molecule has 100 valence electrons. The molecule has 1 amide bonds. The third-order valence-electron chi connectivity index (χ3n) is 1.79. The summed E-state index contributed by atoms with van der Waals surface area (Å²) in [5, 5.41) is 19.8. The number of nitriles is 1.